The van der Waals surface area contributed by atoms with Crippen LogP contribution in [0, 0.1) is 0 Å². The molecule has 0 unspecified atom stereocenters. The van der Waals surface area contributed by atoms with Crippen LogP contribution in [0.2, 0.25) is 0 Å². The Morgan fingerprint density at radius 1 is 0.812 bits per heavy atom. The summed E-state index contributed by atoms with van der Waals surface area (Å²) in [6.07, 6.45) is 0. The van der Waals surface area contributed by atoms with Crippen LogP contribution in [-0.2, 0) is 0 Å². The van der Waals surface area contributed by atoms with E-state index >= 15 is 0 Å². The first-order chi connectivity index (χ1) is 7.74. The lowest BCUT2D eigenvalue weighted by Gasteiger charge is -2.19. The molecule has 0 saturated heterocycles. The third kappa shape index (κ3) is 1.38. The molecule has 0 aliphatic carbocycles. The van der Waals surface area contributed by atoms with Crippen LogP contribution in [0.4, 0.5) is 0 Å². The lowest BCUT2D eigenvalue weighted by Crippen LogP contribution is -2.56. The zero-order valence-corrected chi connectivity index (χ0v) is 8.77. The van der Waals surface area contributed by atoms with Gasteiger partial charge < -0.3 is 10.2 Å². The SMILES string of the molecule is Oc1cc(O)c2c(c1)Bc1ccccc1B2. The van der Waals surface area contributed by atoms with Crippen LogP contribution < -0.4 is 21.9 Å². The Labute approximate surface area is 95.0 Å². The molecule has 0 aromatic heterocycles. The molecule has 2 N–H and O–H groups in total. The Bertz CT molecular complexity index is 567. The van der Waals surface area contributed by atoms with Crippen molar-refractivity contribution in [2.24, 2.45) is 0 Å². The first kappa shape index (κ1) is 9.40. The highest BCUT2D eigenvalue weighted by atomic mass is 16.3. The molecule has 0 bridgehead atoms. The van der Waals surface area contributed by atoms with Crippen LogP contribution in [0.25, 0.3) is 0 Å². The van der Waals surface area contributed by atoms with E-state index in [0.717, 1.165) is 25.5 Å². The van der Waals surface area contributed by atoms with Crippen molar-refractivity contribution in [3.8, 4) is 11.5 Å². The van der Waals surface area contributed by atoms with E-state index in [1.54, 1.807) is 6.07 Å². The van der Waals surface area contributed by atoms with Crippen molar-refractivity contribution < 1.29 is 10.2 Å². The van der Waals surface area contributed by atoms with Crippen LogP contribution >= 0.6 is 0 Å². The van der Waals surface area contributed by atoms with E-state index in [2.05, 4.69) is 12.1 Å². The molecular formula is C12H10B2O2. The molecule has 0 saturated carbocycles. The largest absolute Gasteiger partial charge is 0.508 e. The maximum Gasteiger partial charge on any atom is 0.195 e. The van der Waals surface area contributed by atoms with Crippen molar-refractivity contribution in [3.05, 3.63) is 36.4 Å². The summed E-state index contributed by atoms with van der Waals surface area (Å²) in [5, 5.41) is 19.3. The summed E-state index contributed by atoms with van der Waals surface area (Å²) in [5.41, 5.74) is 4.50. The lowest BCUT2D eigenvalue weighted by atomic mass is 9.43. The molecule has 1 aliphatic rings. The van der Waals surface area contributed by atoms with Gasteiger partial charge in [0.2, 0.25) is 0 Å². The summed E-state index contributed by atoms with van der Waals surface area (Å²) in [6.45, 7) is 0. The minimum atomic E-state index is 0.135. The smallest absolute Gasteiger partial charge is 0.195 e. The van der Waals surface area contributed by atoms with E-state index in [4.69, 9.17) is 0 Å². The Morgan fingerprint density at radius 2 is 1.50 bits per heavy atom. The average molecular weight is 208 g/mol. The zero-order valence-electron chi connectivity index (χ0n) is 8.77. The van der Waals surface area contributed by atoms with E-state index in [1.165, 1.54) is 17.0 Å². The normalized spacial score (nSPS) is 12.0. The van der Waals surface area contributed by atoms with Gasteiger partial charge in [0.1, 0.15) is 11.5 Å². The van der Waals surface area contributed by atoms with Crippen molar-refractivity contribution in [2.75, 3.05) is 0 Å². The fourth-order valence-corrected chi connectivity index (χ4v) is 2.36. The van der Waals surface area contributed by atoms with Gasteiger partial charge in [0.15, 0.2) is 14.6 Å². The number of rotatable bonds is 0. The van der Waals surface area contributed by atoms with Gasteiger partial charge in [-0.3, -0.25) is 0 Å². The molecule has 16 heavy (non-hydrogen) atoms. The van der Waals surface area contributed by atoms with E-state index in [9.17, 15) is 10.2 Å². The van der Waals surface area contributed by atoms with Gasteiger partial charge in [-0.1, -0.05) is 40.7 Å². The van der Waals surface area contributed by atoms with Crippen molar-refractivity contribution >= 4 is 36.4 Å². The molecule has 1 heterocycles. The number of aromatic hydroxyl groups is 2. The second-order valence-corrected chi connectivity index (χ2v) is 4.22. The van der Waals surface area contributed by atoms with Crippen LogP contribution in [-0.4, -0.2) is 24.8 Å². The Balaban J connectivity index is 2.15. The molecule has 3 rings (SSSR count). The quantitative estimate of drug-likeness (QED) is 0.427. The number of fused-ring (bicyclic) bond motifs is 2. The van der Waals surface area contributed by atoms with Gasteiger partial charge in [-0.25, -0.2) is 0 Å². The molecule has 2 aromatic rings. The van der Waals surface area contributed by atoms with Gasteiger partial charge >= 0.3 is 0 Å². The van der Waals surface area contributed by atoms with E-state index in [0.29, 0.717) is 0 Å². The topological polar surface area (TPSA) is 40.5 Å². The number of phenolic OH excluding ortho intramolecular Hbond substituents is 2. The first-order valence-corrected chi connectivity index (χ1v) is 5.34. The van der Waals surface area contributed by atoms with E-state index in [-0.39, 0.29) is 11.5 Å². The molecule has 0 atom stereocenters. The van der Waals surface area contributed by atoms with Crippen LogP contribution in [0.15, 0.2) is 36.4 Å². The van der Waals surface area contributed by atoms with Gasteiger partial charge in [-0.05, 0) is 11.5 Å². The minimum absolute atomic E-state index is 0.135. The highest BCUT2D eigenvalue weighted by Gasteiger charge is 2.20. The zero-order chi connectivity index (χ0) is 11.1. The van der Waals surface area contributed by atoms with Crippen LogP contribution in [0.3, 0.4) is 0 Å². The predicted octanol–water partition coefficient (Wildman–Crippen LogP) is -1.81. The van der Waals surface area contributed by atoms with Crippen molar-refractivity contribution in [3.63, 3.8) is 0 Å². The Morgan fingerprint density at radius 3 is 2.25 bits per heavy atom. The van der Waals surface area contributed by atoms with Gasteiger partial charge in [-0.2, -0.15) is 0 Å². The maximum absolute atomic E-state index is 9.80. The highest BCUT2D eigenvalue weighted by molar-refractivity contribution is 6.87. The molecule has 2 nitrogen and oxygen atoms in total. The first-order valence-electron chi connectivity index (χ1n) is 5.34. The molecule has 0 spiro atoms. The molecule has 0 radical (unpaired) electrons. The van der Waals surface area contributed by atoms with Gasteiger partial charge in [0, 0.05) is 6.07 Å². The summed E-state index contributed by atoms with van der Waals surface area (Å²) in [7, 11) is 1.53. The Hall–Kier alpha value is -1.83. The third-order valence-electron chi connectivity index (χ3n) is 3.17. The molecule has 4 heteroatoms. The molecule has 0 fully saturated rings. The molecule has 2 aromatic carbocycles. The highest BCUT2D eigenvalue weighted by Crippen LogP contribution is 2.13. The molecule has 76 valence electrons. The van der Waals surface area contributed by atoms with Gasteiger partial charge in [0.25, 0.3) is 0 Å². The van der Waals surface area contributed by atoms with E-state index in [1.807, 2.05) is 12.1 Å². The standard InChI is InChI=1S/C12H10B2O2/c15-7-5-10-12(11(16)6-7)14-9-4-2-1-3-8(9)13-10/h1-6,13-16H. The van der Waals surface area contributed by atoms with Crippen molar-refractivity contribution in [2.45, 2.75) is 0 Å². The van der Waals surface area contributed by atoms with Gasteiger partial charge in [0.05, 0.1) is 0 Å². The van der Waals surface area contributed by atoms with E-state index < -0.39 is 0 Å². The predicted molar refractivity (Wildman–Crippen MR) is 69.0 cm³/mol. The molecule has 0 amide bonds. The summed E-state index contributed by atoms with van der Waals surface area (Å²) in [5.74, 6) is 0.333. The second kappa shape index (κ2) is 3.34. The molecular weight excluding hydrogens is 198 g/mol. The van der Waals surface area contributed by atoms with Crippen molar-refractivity contribution in [1.82, 2.24) is 0 Å². The number of benzene rings is 2. The summed E-state index contributed by atoms with van der Waals surface area (Å²) >= 11 is 0. The third-order valence-corrected chi connectivity index (χ3v) is 3.17. The second-order valence-electron chi connectivity index (χ2n) is 4.22. The Kier molecular flexibility index (Phi) is 1.96. The lowest BCUT2D eigenvalue weighted by molar-refractivity contribution is 0.454. The fraction of sp³-hybridized carbons (Fsp3) is 0. The van der Waals surface area contributed by atoms with Crippen molar-refractivity contribution in [1.29, 1.82) is 0 Å². The maximum atomic E-state index is 9.80. The van der Waals surface area contributed by atoms with Gasteiger partial charge in [-0.15, -0.1) is 0 Å². The monoisotopic (exact) mass is 208 g/mol. The number of hydrogen-bond donors (Lipinski definition) is 2. The molecule has 1 aliphatic heterocycles. The summed E-state index contributed by atoms with van der Waals surface area (Å²) < 4.78 is 0. The average Bonchev–Trinajstić information content (AvgIpc) is 2.27. The number of hydrogen-bond acceptors (Lipinski definition) is 2. The van der Waals surface area contributed by atoms with Crippen LogP contribution in [0.5, 0.6) is 11.5 Å². The summed E-state index contributed by atoms with van der Waals surface area (Å²) in [6, 6.07) is 11.4. The number of phenols is 2. The summed E-state index contributed by atoms with van der Waals surface area (Å²) in [4.78, 5) is 0. The fourth-order valence-electron chi connectivity index (χ4n) is 2.36. The van der Waals surface area contributed by atoms with Crippen LogP contribution in [0.1, 0.15) is 0 Å². The minimum Gasteiger partial charge on any atom is -0.508 e.